The molecule has 2 aromatic carbocycles. The molecule has 3 rings (SSSR count). The Balaban J connectivity index is 1.52. The summed E-state index contributed by atoms with van der Waals surface area (Å²) >= 11 is 0. The van der Waals surface area contributed by atoms with E-state index < -0.39 is 11.7 Å². The number of morpholine rings is 1. The molecule has 1 N–H and O–H groups in total. The quantitative estimate of drug-likeness (QED) is 0.702. The standard InChI is InChI=1S/C23H26F3N3O3/c1-2-28(22(31)15-17-3-5-18(6-4-17)23(24,25)26)16-21(30)27-19-7-9-20(10-8-19)29-11-13-32-14-12-29/h3-10H,2,11-16H2,1H3,(H,27,30). The van der Waals surface area contributed by atoms with Crippen LogP contribution in [0.3, 0.4) is 0 Å². The number of nitrogens with zero attached hydrogens (tertiary/aromatic N) is 2. The number of likely N-dealkylation sites (N-methyl/N-ethyl adjacent to an activating group) is 1. The summed E-state index contributed by atoms with van der Waals surface area (Å²) in [5.74, 6) is -0.670. The van der Waals surface area contributed by atoms with E-state index in [2.05, 4.69) is 10.2 Å². The Kier molecular flexibility index (Phi) is 7.74. The van der Waals surface area contributed by atoms with Gasteiger partial charge in [-0.05, 0) is 48.9 Å². The molecular weight excluding hydrogens is 423 g/mol. The van der Waals surface area contributed by atoms with Crippen LogP contribution >= 0.6 is 0 Å². The smallest absolute Gasteiger partial charge is 0.378 e. The molecule has 0 saturated carbocycles. The zero-order chi connectivity index (χ0) is 23.1. The molecule has 0 radical (unpaired) electrons. The average Bonchev–Trinajstić information content (AvgIpc) is 2.78. The van der Waals surface area contributed by atoms with Gasteiger partial charge in [-0.2, -0.15) is 13.2 Å². The molecule has 0 aromatic heterocycles. The number of benzene rings is 2. The van der Waals surface area contributed by atoms with Gasteiger partial charge in [-0.3, -0.25) is 9.59 Å². The summed E-state index contributed by atoms with van der Waals surface area (Å²) in [6.45, 7) is 4.92. The highest BCUT2D eigenvalue weighted by molar-refractivity contribution is 5.94. The zero-order valence-electron chi connectivity index (χ0n) is 17.8. The highest BCUT2D eigenvalue weighted by atomic mass is 19.4. The van der Waals surface area contributed by atoms with Gasteiger partial charge in [0.05, 0.1) is 31.7 Å². The average molecular weight is 449 g/mol. The third-order valence-corrected chi connectivity index (χ3v) is 5.23. The van der Waals surface area contributed by atoms with E-state index in [0.717, 1.165) is 30.9 Å². The Morgan fingerprint density at radius 1 is 1.03 bits per heavy atom. The second kappa shape index (κ2) is 10.5. The number of hydrogen-bond donors (Lipinski definition) is 1. The summed E-state index contributed by atoms with van der Waals surface area (Å²) in [4.78, 5) is 28.5. The van der Waals surface area contributed by atoms with E-state index >= 15 is 0 Å². The summed E-state index contributed by atoms with van der Waals surface area (Å²) in [5.41, 5.74) is 1.37. The summed E-state index contributed by atoms with van der Waals surface area (Å²) in [7, 11) is 0. The molecule has 1 heterocycles. The maximum Gasteiger partial charge on any atom is 0.416 e. The lowest BCUT2D eigenvalue weighted by molar-refractivity contribution is -0.137. The minimum Gasteiger partial charge on any atom is -0.378 e. The highest BCUT2D eigenvalue weighted by Crippen LogP contribution is 2.29. The topological polar surface area (TPSA) is 61.9 Å². The van der Waals surface area contributed by atoms with Crippen molar-refractivity contribution >= 4 is 23.2 Å². The Hall–Kier alpha value is -3.07. The van der Waals surface area contributed by atoms with Crippen LogP contribution in [0, 0.1) is 0 Å². The van der Waals surface area contributed by atoms with Gasteiger partial charge in [-0.15, -0.1) is 0 Å². The van der Waals surface area contributed by atoms with Crippen molar-refractivity contribution in [3.8, 4) is 0 Å². The van der Waals surface area contributed by atoms with Crippen molar-refractivity contribution in [1.82, 2.24) is 4.90 Å². The molecule has 1 aliphatic rings. The van der Waals surface area contributed by atoms with E-state index in [-0.39, 0.29) is 24.8 Å². The lowest BCUT2D eigenvalue weighted by atomic mass is 10.1. The number of anilines is 2. The van der Waals surface area contributed by atoms with Crippen molar-refractivity contribution < 1.29 is 27.5 Å². The van der Waals surface area contributed by atoms with Crippen LogP contribution in [-0.2, 0) is 26.9 Å². The van der Waals surface area contributed by atoms with Gasteiger partial charge in [0.1, 0.15) is 0 Å². The predicted octanol–water partition coefficient (Wildman–Crippen LogP) is 3.57. The van der Waals surface area contributed by atoms with E-state index in [1.165, 1.54) is 17.0 Å². The number of carbonyl (C=O) groups excluding carboxylic acids is 2. The SMILES string of the molecule is CCN(CC(=O)Nc1ccc(N2CCOCC2)cc1)C(=O)Cc1ccc(C(F)(F)F)cc1. The van der Waals surface area contributed by atoms with Gasteiger partial charge in [0.15, 0.2) is 0 Å². The molecule has 1 saturated heterocycles. The Labute approximate surface area is 184 Å². The zero-order valence-corrected chi connectivity index (χ0v) is 17.8. The van der Waals surface area contributed by atoms with Crippen molar-refractivity contribution in [1.29, 1.82) is 0 Å². The van der Waals surface area contributed by atoms with Gasteiger partial charge in [0.25, 0.3) is 0 Å². The minimum absolute atomic E-state index is 0.0759. The monoisotopic (exact) mass is 449 g/mol. The molecule has 9 heteroatoms. The molecule has 172 valence electrons. The Morgan fingerprint density at radius 2 is 1.66 bits per heavy atom. The lowest BCUT2D eigenvalue weighted by Crippen LogP contribution is -2.38. The lowest BCUT2D eigenvalue weighted by Gasteiger charge is -2.29. The van der Waals surface area contributed by atoms with Crippen molar-refractivity contribution in [3.63, 3.8) is 0 Å². The maximum absolute atomic E-state index is 12.7. The number of amides is 2. The normalized spacial score (nSPS) is 14.2. The summed E-state index contributed by atoms with van der Waals surface area (Å²) in [6, 6.07) is 11.9. The fourth-order valence-electron chi connectivity index (χ4n) is 3.43. The molecule has 1 aliphatic heterocycles. The third kappa shape index (κ3) is 6.46. The van der Waals surface area contributed by atoms with Crippen LogP contribution < -0.4 is 10.2 Å². The molecule has 1 fully saturated rings. The van der Waals surface area contributed by atoms with Crippen molar-refractivity contribution in [2.75, 3.05) is 49.6 Å². The Bertz CT molecular complexity index is 909. The van der Waals surface area contributed by atoms with Crippen LogP contribution in [0.2, 0.25) is 0 Å². The van der Waals surface area contributed by atoms with Crippen LogP contribution in [0.1, 0.15) is 18.1 Å². The molecule has 0 bridgehead atoms. The first kappa shape index (κ1) is 23.6. The number of carbonyl (C=O) groups is 2. The van der Waals surface area contributed by atoms with Gasteiger partial charge < -0.3 is 19.9 Å². The molecular formula is C23H26F3N3O3. The fourth-order valence-corrected chi connectivity index (χ4v) is 3.43. The molecule has 0 unspecified atom stereocenters. The molecule has 0 aliphatic carbocycles. The van der Waals surface area contributed by atoms with Gasteiger partial charge in [-0.1, -0.05) is 12.1 Å². The predicted molar refractivity (Wildman–Crippen MR) is 116 cm³/mol. The number of ether oxygens (including phenoxy) is 1. The van der Waals surface area contributed by atoms with Crippen molar-refractivity contribution in [2.45, 2.75) is 19.5 Å². The summed E-state index contributed by atoms with van der Waals surface area (Å²) in [6.07, 6.45) is -4.50. The largest absolute Gasteiger partial charge is 0.416 e. The van der Waals surface area contributed by atoms with Crippen molar-refractivity contribution in [3.05, 3.63) is 59.7 Å². The number of alkyl halides is 3. The van der Waals surface area contributed by atoms with Crippen LogP contribution in [0.4, 0.5) is 24.5 Å². The summed E-state index contributed by atoms with van der Waals surface area (Å²) in [5, 5.41) is 2.78. The van der Waals surface area contributed by atoms with Crippen LogP contribution in [0.5, 0.6) is 0 Å². The first-order valence-electron chi connectivity index (χ1n) is 10.4. The first-order chi connectivity index (χ1) is 15.3. The highest BCUT2D eigenvalue weighted by Gasteiger charge is 2.30. The van der Waals surface area contributed by atoms with Gasteiger partial charge in [0.2, 0.25) is 11.8 Å². The van der Waals surface area contributed by atoms with Gasteiger partial charge >= 0.3 is 6.18 Å². The van der Waals surface area contributed by atoms with E-state index in [1.54, 1.807) is 6.92 Å². The molecule has 6 nitrogen and oxygen atoms in total. The maximum atomic E-state index is 12.7. The van der Waals surface area contributed by atoms with E-state index in [1.807, 2.05) is 24.3 Å². The second-order valence-corrected chi connectivity index (χ2v) is 7.47. The van der Waals surface area contributed by atoms with E-state index in [9.17, 15) is 22.8 Å². The molecule has 0 spiro atoms. The van der Waals surface area contributed by atoms with E-state index in [0.29, 0.717) is 31.0 Å². The van der Waals surface area contributed by atoms with Gasteiger partial charge in [-0.25, -0.2) is 0 Å². The fraction of sp³-hybridized carbons (Fsp3) is 0.391. The first-order valence-corrected chi connectivity index (χ1v) is 10.4. The minimum atomic E-state index is -4.42. The van der Waals surface area contributed by atoms with Crippen LogP contribution in [0.15, 0.2) is 48.5 Å². The molecule has 2 aromatic rings. The Morgan fingerprint density at radius 3 is 2.22 bits per heavy atom. The van der Waals surface area contributed by atoms with Crippen LogP contribution in [0.25, 0.3) is 0 Å². The number of rotatable bonds is 7. The summed E-state index contributed by atoms with van der Waals surface area (Å²) < 4.78 is 43.4. The van der Waals surface area contributed by atoms with E-state index in [4.69, 9.17) is 4.74 Å². The second-order valence-electron chi connectivity index (χ2n) is 7.47. The molecule has 32 heavy (non-hydrogen) atoms. The molecule has 0 atom stereocenters. The number of halogens is 3. The molecule has 2 amide bonds. The van der Waals surface area contributed by atoms with Crippen LogP contribution in [-0.4, -0.2) is 56.1 Å². The third-order valence-electron chi connectivity index (χ3n) is 5.23. The number of nitrogens with one attached hydrogen (secondary N) is 1. The van der Waals surface area contributed by atoms with Crippen molar-refractivity contribution in [2.24, 2.45) is 0 Å². The van der Waals surface area contributed by atoms with Gasteiger partial charge in [0, 0.05) is 31.0 Å². The number of hydrogen-bond acceptors (Lipinski definition) is 4.